The highest BCUT2D eigenvalue weighted by molar-refractivity contribution is 9.10. The van der Waals surface area contributed by atoms with Gasteiger partial charge in [0.1, 0.15) is 0 Å². The lowest BCUT2D eigenvalue weighted by Crippen LogP contribution is -2.19. The van der Waals surface area contributed by atoms with Crippen molar-refractivity contribution in [2.75, 3.05) is 7.05 Å². The molecule has 1 aromatic carbocycles. The summed E-state index contributed by atoms with van der Waals surface area (Å²) in [5.74, 6) is 0. The molecule has 1 aromatic heterocycles. The average molecular weight is 305 g/mol. The molecule has 1 N–H and O–H groups in total. The molecule has 0 spiro atoms. The van der Waals surface area contributed by atoms with Gasteiger partial charge in [-0.3, -0.25) is 4.98 Å². The molecule has 0 amide bonds. The van der Waals surface area contributed by atoms with E-state index in [9.17, 15) is 0 Å². The maximum absolute atomic E-state index is 4.45. The van der Waals surface area contributed by atoms with Crippen molar-refractivity contribution in [3.05, 3.63) is 63.9 Å². The van der Waals surface area contributed by atoms with Crippen molar-refractivity contribution in [2.45, 2.75) is 19.4 Å². The number of nitrogens with zero attached hydrogens (tertiary/aromatic N) is 1. The second-order valence-corrected chi connectivity index (χ2v) is 5.35. The molecule has 1 unspecified atom stereocenters. The predicted octanol–water partition coefficient (Wildman–Crippen LogP) is 3.66. The zero-order chi connectivity index (χ0) is 13.0. The van der Waals surface area contributed by atoms with Crippen LogP contribution >= 0.6 is 15.9 Å². The van der Waals surface area contributed by atoms with Crippen LogP contribution in [0.3, 0.4) is 0 Å². The van der Waals surface area contributed by atoms with Gasteiger partial charge in [0, 0.05) is 10.7 Å². The molecule has 0 radical (unpaired) electrons. The second-order valence-electron chi connectivity index (χ2n) is 4.43. The topological polar surface area (TPSA) is 24.9 Å². The van der Waals surface area contributed by atoms with Gasteiger partial charge in [0.25, 0.3) is 0 Å². The summed E-state index contributed by atoms with van der Waals surface area (Å²) in [5.41, 5.74) is 3.69. The standard InChI is InChI=1S/C15H17BrN2/c1-11-3-5-12(6-4-11)9-15(17-2)14-8-7-13(16)10-18-14/h3-8,10,15,17H,9H2,1-2H3. The molecule has 0 saturated carbocycles. The number of hydrogen-bond donors (Lipinski definition) is 1. The summed E-state index contributed by atoms with van der Waals surface area (Å²) in [6.45, 7) is 2.11. The Hall–Kier alpha value is -1.19. The van der Waals surface area contributed by atoms with Gasteiger partial charge >= 0.3 is 0 Å². The minimum atomic E-state index is 0.251. The summed E-state index contributed by atoms with van der Waals surface area (Å²) in [6.07, 6.45) is 2.79. The number of hydrogen-bond acceptors (Lipinski definition) is 2. The molecule has 0 aliphatic heterocycles. The Morgan fingerprint density at radius 3 is 2.44 bits per heavy atom. The molecule has 2 aromatic rings. The Balaban J connectivity index is 2.14. The largest absolute Gasteiger partial charge is 0.311 e. The molecule has 2 rings (SSSR count). The third kappa shape index (κ3) is 3.40. The summed E-state index contributed by atoms with van der Waals surface area (Å²) in [7, 11) is 1.97. The minimum absolute atomic E-state index is 0.251. The van der Waals surface area contributed by atoms with Gasteiger partial charge in [-0.15, -0.1) is 0 Å². The summed E-state index contributed by atoms with van der Waals surface area (Å²) >= 11 is 3.41. The monoisotopic (exact) mass is 304 g/mol. The Morgan fingerprint density at radius 2 is 1.89 bits per heavy atom. The van der Waals surface area contributed by atoms with E-state index in [1.165, 1.54) is 11.1 Å². The molecule has 1 atom stereocenters. The predicted molar refractivity (Wildman–Crippen MR) is 78.6 cm³/mol. The molecule has 18 heavy (non-hydrogen) atoms. The Bertz CT molecular complexity index is 491. The van der Waals surface area contributed by atoms with Crippen molar-refractivity contribution in [3.63, 3.8) is 0 Å². The van der Waals surface area contributed by atoms with Crippen molar-refractivity contribution < 1.29 is 0 Å². The molecule has 0 saturated heterocycles. The number of aryl methyl sites for hydroxylation is 1. The van der Waals surface area contributed by atoms with Crippen LogP contribution in [0.4, 0.5) is 0 Å². The zero-order valence-electron chi connectivity index (χ0n) is 10.7. The quantitative estimate of drug-likeness (QED) is 0.932. The molecule has 0 fully saturated rings. The summed E-state index contributed by atoms with van der Waals surface area (Å²) < 4.78 is 1.01. The van der Waals surface area contributed by atoms with E-state index in [-0.39, 0.29) is 6.04 Å². The maximum Gasteiger partial charge on any atom is 0.0577 e. The minimum Gasteiger partial charge on any atom is -0.311 e. The third-order valence-electron chi connectivity index (χ3n) is 3.02. The average Bonchev–Trinajstić information content (AvgIpc) is 2.39. The van der Waals surface area contributed by atoms with Crippen LogP contribution in [-0.2, 0) is 6.42 Å². The first-order chi connectivity index (χ1) is 8.69. The highest BCUT2D eigenvalue weighted by atomic mass is 79.9. The van der Waals surface area contributed by atoms with Gasteiger partial charge in [-0.1, -0.05) is 29.8 Å². The normalized spacial score (nSPS) is 12.4. The van der Waals surface area contributed by atoms with Crippen molar-refractivity contribution in [2.24, 2.45) is 0 Å². The number of rotatable bonds is 4. The first kappa shape index (κ1) is 13.2. The Kier molecular flexibility index (Phi) is 4.50. The lowest BCUT2D eigenvalue weighted by atomic mass is 10.0. The van der Waals surface area contributed by atoms with Crippen LogP contribution < -0.4 is 5.32 Å². The van der Waals surface area contributed by atoms with Crippen LogP contribution in [-0.4, -0.2) is 12.0 Å². The van der Waals surface area contributed by atoms with Crippen LogP contribution in [0.15, 0.2) is 47.1 Å². The number of benzene rings is 1. The van der Waals surface area contributed by atoms with Crippen molar-refractivity contribution in [3.8, 4) is 0 Å². The second kappa shape index (κ2) is 6.12. The first-order valence-corrected chi connectivity index (χ1v) is 6.82. The van der Waals surface area contributed by atoms with Gasteiger partial charge in [0.15, 0.2) is 0 Å². The lowest BCUT2D eigenvalue weighted by Gasteiger charge is -2.16. The van der Waals surface area contributed by atoms with Crippen molar-refractivity contribution >= 4 is 15.9 Å². The third-order valence-corrected chi connectivity index (χ3v) is 3.49. The van der Waals surface area contributed by atoms with E-state index in [1.807, 2.05) is 19.3 Å². The van der Waals surface area contributed by atoms with Crippen LogP contribution in [0.1, 0.15) is 22.9 Å². The molecule has 0 bridgehead atoms. The summed E-state index contributed by atoms with van der Waals surface area (Å²) in [4.78, 5) is 4.45. The lowest BCUT2D eigenvalue weighted by molar-refractivity contribution is 0.575. The number of likely N-dealkylation sites (N-methyl/N-ethyl adjacent to an activating group) is 1. The van der Waals surface area contributed by atoms with E-state index in [1.54, 1.807) is 0 Å². The van der Waals surface area contributed by atoms with Gasteiger partial charge in [-0.2, -0.15) is 0 Å². The van der Waals surface area contributed by atoms with Crippen LogP contribution in [0.2, 0.25) is 0 Å². The molecular formula is C15H17BrN2. The van der Waals surface area contributed by atoms with Gasteiger partial charge < -0.3 is 5.32 Å². The fourth-order valence-electron chi connectivity index (χ4n) is 1.91. The molecule has 3 heteroatoms. The smallest absolute Gasteiger partial charge is 0.0577 e. The first-order valence-electron chi connectivity index (χ1n) is 6.03. The summed E-state index contributed by atoms with van der Waals surface area (Å²) in [6, 6.07) is 13.0. The molecule has 94 valence electrons. The number of aromatic nitrogens is 1. The van der Waals surface area contributed by atoms with E-state index in [4.69, 9.17) is 0 Å². The van der Waals surface area contributed by atoms with E-state index < -0.39 is 0 Å². The number of pyridine rings is 1. The van der Waals surface area contributed by atoms with Gasteiger partial charge in [-0.05, 0) is 54.0 Å². The van der Waals surface area contributed by atoms with Gasteiger partial charge in [0.05, 0.1) is 11.7 Å². The molecule has 0 aliphatic rings. The van der Waals surface area contributed by atoms with Gasteiger partial charge in [0.2, 0.25) is 0 Å². The maximum atomic E-state index is 4.45. The van der Waals surface area contributed by atoms with E-state index in [0.717, 1.165) is 16.6 Å². The van der Waals surface area contributed by atoms with Crippen molar-refractivity contribution in [1.82, 2.24) is 10.3 Å². The van der Waals surface area contributed by atoms with Crippen LogP contribution in [0.25, 0.3) is 0 Å². The van der Waals surface area contributed by atoms with Gasteiger partial charge in [-0.25, -0.2) is 0 Å². The molecule has 0 aliphatic carbocycles. The van der Waals surface area contributed by atoms with E-state index in [0.29, 0.717) is 0 Å². The van der Waals surface area contributed by atoms with Crippen LogP contribution in [0, 0.1) is 6.92 Å². The molecular weight excluding hydrogens is 288 g/mol. The molecule has 2 nitrogen and oxygen atoms in total. The number of nitrogens with one attached hydrogen (secondary N) is 1. The van der Waals surface area contributed by atoms with Crippen LogP contribution in [0.5, 0.6) is 0 Å². The highest BCUT2D eigenvalue weighted by Gasteiger charge is 2.11. The van der Waals surface area contributed by atoms with Crippen molar-refractivity contribution in [1.29, 1.82) is 0 Å². The number of halogens is 1. The van der Waals surface area contributed by atoms with E-state index in [2.05, 4.69) is 63.5 Å². The SMILES string of the molecule is CNC(Cc1ccc(C)cc1)c1ccc(Br)cn1. The fraction of sp³-hybridized carbons (Fsp3) is 0.267. The Labute approximate surface area is 117 Å². The fourth-order valence-corrected chi connectivity index (χ4v) is 2.14. The Morgan fingerprint density at radius 1 is 1.17 bits per heavy atom. The highest BCUT2D eigenvalue weighted by Crippen LogP contribution is 2.18. The van der Waals surface area contributed by atoms with E-state index >= 15 is 0 Å². The summed E-state index contributed by atoms with van der Waals surface area (Å²) in [5, 5.41) is 3.32. The molecule has 1 heterocycles. The zero-order valence-corrected chi connectivity index (χ0v) is 12.2.